The molecule has 1 amide bonds. The number of carbonyl (C=O) groups excluding carboxylic acids is 1. The third-order valence-electron chi connectivity index (χ3n) is 3.49. The SMILES string of the molecule is C[C@@H](C(=O)NC1CC1)N(C)CCOc1ccc(Cl)cc1. The summed E-state index contributed by atoms with van der Waals surface area (Å²) in [4.78, 5) is 13.9. The van der Waals surface area contributed by atoms with Crippen molar-refractivity contribution >= 4 is 17.5 Å². The van der Waals surface area contributed by atoms with E-state index in [0.717, 1.165) is 18.6 Å². The zero-order valence-electron chi connectivity index (χ0n) is 11.9. The van der Waals surface area contributed by atoms with Crippen molar-refractivity contribution in [2.45, 2.75) is 31.8 Å². The molecule has 0 radical (unpaired) electrons. The molecule has 0 saturated heterocycles. The average Bonchev–Trinajstić information content (AvgIpc) is 3.24. The molecule has 1 N–H and O–H groups in total. The lowest BCUT2D eigenvalue weighted by Gasteiger charge is -2.23. The highest BCUT2D eigenvalue weighted by molar-refractivity contribution is 6.30. The summed E-state index contributed by atoms with van der Waals surface area (Å²) < 4.78 is 5.62. The van der Waals surface area contributed by atoms with Gasteiger partial charge in [0.05, 0.1) is 6.04 Å². The molecule has 0 heterocycles. The zero-order valence-corrected chi connectivity index (χ0v) is 12.7. The Morgan fingerprint density at radius 1 is 1.45 bits per heavy atom. The monoisotopic (exact) mass is 296 g/mol. The van der Waals surface area contributed by atoms with Crippen LogP contribution in [0.2, 0.25) is 5.02 Å². The summed E-state index contributed by atoms with van der Waals surface area (Å²) in [7, 11) is 1.93. The molecule has 1 aromatic carbocycles. The van der Waals surface area contributed by atoms with Gasteiger partial charge in [-0.15, -0.1) is 0 Å². The van der Waals surface area contributed by atoms with Crippen molar-refractivity contribution in [2.24, 2.45) is 0 Å². The third kappa shape index (κ3) is 4.69. The number of likely N-dealkylation sites (N-methyl/N-ethyl adjacent to an activating group) is 1. The van der Waals surface area contributed by atoms with E-state index in [1.165, 1.54) is 0 Å². The third-order valence-corrected chi connectivity index (χ3v) is 3.74. The summed E-state index contributed by atoms with van der Waals surface area (Å²) in [5.41, 5.74) is 0. The van der Waals surface area contributed by atoms with E-state index in [0.29, 0.717) is 24.2 Å². The molecule has 1 fully saturated rings. The number of amides is 1. The zero-order chi connectivity index (χ0) is 14.5. The first-order chi connectivity index (χ1) is 9.56. The highest BCUT2D eigenvalue weighted by Crippen LogP contribution is 2.19. The van der Waals surface area contributed by atoms with Gasteiger partial charge in [0.1, 0.15) is 12.4 Å². The summed E-state index contributed by atoms with van der Waals surface area (Å²) in [5.74, 6) is 0.888. The number of nitrogens with zero attached hydrogens (tertiary/aromatic N) is 1. The molecule has 1 aromatic rings. The predicted octanol–water partition coefficient (Wildman–Crippen LogP) is 2.32. The fourth-order valence-corrected chi connectivity index (χ4v) is 1.91. The Kier molecular flexibility index (Phi) is 5.26. The quantitative estimate of drug-likeness (QED) is 0.839. The second-order valence-corrected chi connectivity index (χ2v) is 5.68. The van der Waals surface area contributed by atoms with Crippen LogP contribution in [0.15, 0.2) is 24.3 Å². The first kappa shape index (κ1) is 15.1. The lowest BCUT2D eigenvalue weighted by atomic mass is 10.2. The number of carbonyl (C=O) groups is 1. The number of halogens is 1. The Hall–Kier alpha value is -1.26. The maximum atomic E-state index is 11.9. The van der Waals surface area contributed by atoms with Crippen molar-refractivity contribution in [3.05, 3.63) is 29.3 Å². The molecule has 4 nitrogen and oxygen atoms in total. The van der Waals surface area contributed by atoms with E-state index in [-0.39, 0.29) is 11.9 Å². The Labute approximate surface area is 125 Å². The molecule has 1 aliphatic carbocycles. The molecular weight excluding hydrogens is 276 g/mol. The van der Waals surface area contributed by atoms with E-state index in [2.05, 4.69) is 5.32 Å². The second kappa shape index (κ2) is 6.95. The largest absolute Gasteiger partial charge is 0.492 e. The van der Waals surface area contributed by atoms with Crippen molar-refractivity contribution in [3.8, 4) is 5.75 Å². The molecule has 0 aromatic heterocycles. The molecule has 110 valence electrons. The van der Waals surface area contributed by atoms with E-state index >= 15 is 0 Å². The van der Waals surface area contributed by atoms with Crippen molar-refractivity contribution in [2.75, 3.05) is 20.2 Å². The number of hydrogen-bond acceptors (Lipinski definition) is 3. The standard InChI is InChI=1S/C15H21ClN2O2/c1-11(15(19)17-13-5-6-13)18(2)9-10-20-14-7-3-12(16)4-8-14/h3-4,7-8,11,13H,5-6,9-10H2,1-2H3,(H,17,19)/t11-/m0/s1. The van der Waals surface area contributed by atoms with E-state index < -0.39 is 0 Å². The van der Waals surface area contributed by atoms with E-state index in [9.17, 15) is 4.79 Å². The summed E-state index contributed by atoms with van der Waals surface area (Å²) in [5, 5.41) is 3.71. The van der Waals surface area contributed by atoms with Gasteiger partial charge >= 0.3 is 0 Å². The molecule has 20 heavy (non-hydrogen) atoms. The van der Waals surface area contributed by atoms with Crippen LogP contribution >= 0.6 is 11.6 Å². The smallest absolute Gasteiger partial charge is 0.237 e. The fraction of sp³-hybridized carbons (Fsp3) is 0.533. The van der Waals surface area contributed by atoms with E-state index in [4.69, 9.17) is 16.3 Å². The summed E-state index contributed by atoms with van der Waals surface area (Å²) in [6, 6.07) is 7.54. The minimum Gasteiger partial charge on any atom is -0.492 e. The van der Waals surface area contributed by atoms with Crippen LogP contribution in [0.3, 0.4) is 0 Å². The van der Waals surface area contributed by atoms with Gasteiger partial charge in [-0.3, -0.25) is 9.69 Å². The molecule has 0 aliphatic heterocycles. The molecule has 0 bridgehead atoms. The van der Waals surface area contributed by atoms with Gasteiger partial charge in [0.25, 0.3) is 0 Å². The molecule has 1 aliphatic rings. The van der Waals surface area contributed by atoms with Crippen molar-refractivity contribution in [1.29, 1.82) is 0 Å². The number of rotatable bonds is 7. The highest BCUT2D eigenvalue weighted by Gasteiger charge is 2.26. The van der Waals surface area contributed by atoms with Gasteiger partial charge in [-0.05, 0) is 51.1 Å². The second-order valence-electron chi connectivity index (χ2n) is 5.24. The molecule has 2 rings (SSSR count). The fourth-order valence-electron chi connectivity index (χ4n) is 1.78. The molecule has 5 heteroatoms. The first-order valence-corrected chi connectivity index (χ1v) is 7.33. The van der Waals surface area contributed by atoms with Gasteiger partial charge in [-0.1, -0.05) is 11.6 Å². The van der Waals surface area contributed by atoms with Gasteiger partial charge in [0, 0.05) is 17.6 Å². The predicted molar refractivity (Wildman–Crippen MR) is 80.2 cm³/mol. The van der Waals surface area contributed by atoms with Gasteiger partial charge in [0.15, 0.2) is 0 Å². The van der Waals surface area contributed by atoms with Crippen LogP contribution in [0.25, 0.3) is 0 Å². The number of ether oxygens (including phenoxy) is 1. The number of hydrogen-bond donors (Lipinski definition) is 1. The molecule has 1 saturated carbocycles. The van der Waals surface area contributed by atoms with Gasteiger partial charge in [0.2, 0.25) is 5.91 Å². The van der Waals surface area contributed by atoms with Crippen LogP contribution in [0.4, 0.5) is 0 Å². The summed E-state index contributed by atoms with van der Waals surface area (Å²) in [6.45, 7) is 3.15. The normalized spacial score (nSPS) is 16.0. The van der Waals surface area contributed by atoms with Crippen molar-refractivity contribution < 1.29 is 9.53 Å². The van der Waals surface area contributed by atoms with Gasteiger partial charge in [-0.25, -0.2) is 0 Å². The Bertz CT molecular complexity index is 446. The van der Waals surface area contributed by atoms with Crippen LogP contribution in [0.1, 0.15) is 19.8 Å². The minimum atomic E-state index is -0.135. The van der Waals surface area contributed by atoms with Crippen molar-refractivity contribution in [3.63, 3.8) is 0 Å². The highest BCUT2D eigenvalue weighted by atomic mass is 35.5. The molecule has 1 atom stereocenters. The Morgan fingerprint density at radius 3 is 2.70 bits per heavy atom. The van der Waals surface area contributed by atoms with Crippen molar-refractivity contribution in [1.82, 2.24) is 10.2 Å². The topological polar surface area (TPSA) is 41.6 Å². The van der Waals surface area contributed by atoms with Gasteiger partial charge < -0.3 is 10.1 Å². The Balaban J connectivity index is 1.69. The molecule has 0 unspecified atom stereocenters. The van der Waals surface area contributed by atoms with Crippen LogP contribution in [0, 0.1) is 0 Å². The Morgan fingerprint density at radius 2 is 2.10 bits per heavy atom. The number of nitrogens with one attached hydrogen (secondary N) is 1. The molecule has 0 spiro atoms. The minimum absolute atomic E-state index is 0.0986. The average molecular weight is 297 g/mol. The molecular formula is C15H21ClN2O2. The summed E-state index contributed by atoms with van der Waals surface area (Å²) >= 11 is 5.81. The van der Waals surface area contributed by atoms with E-state index in [1.54, 1.807) is 12.1 Å². The van der Waals surface area contributed by atoms with Crippen LogP contribution in [-0.2, 0) is 4.79 Å². The number of benzene rings is 1. The van der Waals surface area contributed by atoms with Crippen LogP contribution in [-0.4, -0.2) is 43.1 Å². The van der Waals surface area contributed by atoms with Gasteiger partial charge in [-0.2, -0.15) is 0 Å². The maximum Gasteiger partial charge on any atom is 0.237 e. The van der Waals surface area contributed by atoms with Crippen LogP contribution < -0.4 is 10.1 Å². The lowest BCUT2D eigenvalue weighted by molar-refractivity contribution is -0.125. The first-order valence-electron chi connectivity index (χ1n) is 6.95. The maximum absolute atomic E-state index is 11.9. The lowest BCUT2D eigenvalue weighted by Crippen LogP contribution is -2.45. The summed E-state index contributed by atoms with van der Waals surface area (Å²) in [6.07, 6.45) is 2.23. The van der Waals surface area contributed by atoms with Crippen LogP contribution in [0.5, 0.6) is 5.75 Å². The van der Waals surface area contributed by atoms with E-state index in [1.807, 2.05) is 31.0 Å².